The van der Waals surface area contributed by atoms with Gasteiger partial charge in [0.25, 0.3) is 5.91 Å². The summed E-state index contributed by atoms with van der Waals surface area (Å²) in [4.78, 5) is 18.4. The summed E-state index contributed by atoms with van der Waals surface area (Å²) in [6, 6.07) is 3.64. The third kappa shape index (κ3) is 2.33. The first kappa shape index (κ1) is 13.8. The summed E-state index contributed by atoms with van der Waals surface area (Å²) in [5.41, 5.74) is 0.817. The first-order valence-electron chi connectivity index (χ1n) is 6.26. The van der Waals surface area contributed by atoms with Gasteiger partial charge in [0, 0.05) is 14.1 Å². The van der Waals surface area contributed by atoms with Gasteiger partial charge in [-0.3, -0.25) is 14.7 Å². The van der Waals surface area contributed by atoms with Crippen LogP contribution < -0.4 is 14.2 Å². The lowest BCUT2D eigenvalue weighted by Crippen LogP contribution is -2.23. The summed E-state index contributed by atoms with van der Waals surface area (Å²) >= 11 is 1.34. The number of amides is 1. The highest BCUT2D eigenvalue weighted by molar-refractivity contribution is 8.18. The van der Waals surface area contributed by atoms with Gasteiger partial charge in [0.15, 0.2) is 16.7 Å². The summed E-state index contributed by atoms with van der Waals surface area (Å²) in [5, 5.41) is 0.680. The molecule has 21 heavy (non-hydrogen) atoms. The molecule has 0 aromatic heterocycles. The number of carbonyl (C=O) groups excluding carboxylic acids is 1. The lowest BCUT2D eigenvalue weighted by Gasteiger charge is -2.06. The van der Waals surface area contributed by atoms with E-state index in [0.717, 1.165) is 5.56 Å². The summed E-state index contributed by atoms with van der Waals surface area (Å²) in [7, 11) is 4.94. The third-order valence-electron chi connectivity index (χ3n) is 3.17. The molecule has 0 unspecified atom stereocenters. The van der Waals surface area contributed by atoms with Crippen molar-refractivity contribution in [2.75, 3.05) is 28.0 Å². The standard InChI is InChI=1S/C14H14N2O4S/c1-15-14-16(2)13(17)11(21-14)6-8-4-9(18-3)12-10(5-8)19-7-20-12/h4-6H,7H2,1-3H3/b11-6+,15-14?. The van der Waals surface area contributed by atoms with Gasteiger partial charge in [0.1, 0.15) is 0 Å². The molecule has 0 N–H and O–H groups in total. The number of carbonyl (C=O) groups is 1. The van der Waals surface area contributed by atoms with Crippen LogP contribution in [-0.2, 0) is 4.79 Å². The number of aliphatic imine (C=N–C) groups is 1. The number of amidine groups is 1. The Morgan fingerprint density at radius 2 is 2.24 bits per heavy atom. The van der Waals surface area contributed by atoms with Crippen LogP contribution in [0.3, 0.4) is 0 Å². The monoisotopic (exact) mass is 306 g/mol. The van der Waals surface area contributed by atoms with E-state index in [9.17, 15) is 4.79 Å². The van der Waals surface area contributed by atoms with Gasteiger partial charge in [0.2, 0.25) is 12.5 Å². The van der Waals surface area contributed by atoms with E-state index in [1.165, 1.54) is 16.7 Å². The zero-order valence-electron chi connectivity index (χ0n) is 11.9. The Kier molecular flexibility index (Phi) is 3.50. The molecule has 0 spiro atoms. The van der Waals surface area contributed by atoms with E-state index < -0.39 is 0 Å². The molecule has 2 heterocycles. The average Bonchev–Trinajstić information content (AvgIpc) is 3.06. The van der Waals surface area contributed by atoms with Crippen molar-refractivity contribution in [3.8, 4) is 17.2 Å². The fourth-order valence-corrected chi connectivity index (χ4v) is 3.06. The molecule has 1 fully saturated rings. The molecule has 0 aliphatic carbocycles. The van der Waals surface area contributed by atoms with E-state index in [1.54, 1.807) is 27.3 Å². The van der Waals surface area contributed by atoms with Crippen LogP contribution in [0.1, 0.15) is 5.56 Å². The molecule has 1 aromatic carbocycles. The predicted molar refractivity (Wildman–Crippen MR) is 80.8 cm³/mol. The van der Waals surface area contributed by atoms with Gasteiger partial charge in [-0.1, -0.05) is 0 Å². The maximum atomic E-state index is 12.1. The highest BCUT2D eigenvalue weighted by Gasteiger charge is 2.30. The van der Waals surface area contributed by atoms with Gasteiger partial charge in [0.05, 0.1) is 12.0 Å². The van der Waals surface area contributed by atoms with E-state index >= 15 is 0 Å². The number of methoxy groups -OCH3 is 1. The Hall–Kier alpha value is -2.15. The topological polar surface area (TPSA) is 60.4 Å². The number of hydrogen-bond donors (Lipinski definition) is 0. The number of likely N-dealkylation sites (N-methyl/N-ethyl adjacent to an activating group) is 1. The van der Waals surface area contributed by atoms with Crippen molar-refractivity contribution in [3.63, 3.8) is 0 Å². The van der Waals surface area contributed by atoms with Gasteiger partial charge in [-0.05, 0) is 35.5 Å². The SMILES string of the molecule is CN=C1S/C(=C/c2cc(OC)c3c(c2)OCO3)C(=O)N1C. The minimum absolute atomic E-state index is 0.0720. The van der Waals surface area contributed by atoms with Crippen molar-refractivity contribution in [3.05, 3.63) is 22.6 Å². The zero-order chi connectivity index (χ0) is 15.0. The molecular formula is C14H14N2O4S. The molecular weight excluding hydrogens is 292 g/mol. The molecule has 0 radical (unpaired) electrons. The van der Waals surface area contributed by atoms with Crippen molar-refractivity contribution in [2.24, 2.45) is 4.99 Å². The van der Waals surface area contributed by atoms with Crippen LogP contribution in [0, 0.1) is 0 Å². The molecule has 6 nitrogen and oxygen atoms in total. The Bertz CT molecular complexity index is 669. The molecule has 2 aliphatic rings. The van der Waals surface area contributed by atoms with E-state index in [-0.39, 0.29) is 12.7 Å². The highest BCUT2D eigenvalue weighted by atomic mass is 32.2. The molecule has 0 bridgehead atoms. The van der Waals surface area contributed by atoms with Gasteiger partial charge < -0.3 is 14.2 Å². The Morgan fingerprint density at radius 3 is 2.90 bits per heavy atom. The second-order valence-corrected chi connectivity index (χ2v) is 5.45. The molecule has 3 rings (SSSR count). The molecule has 7 heteroatoms. The van der Waals surface area contributed by atoms with E-state index in [0.29, 0.717) is 27.3 Å². The zero-order valence-corrected chi connectivity index (χ0v) is 12.7. The van der Waals surface area contributed by atoms with Gasteiger partial charge in [-0.2, -0.15) is 0 Å². The molecule has 110 valence electrons. The van der Waals surface area contributed by atoms with Gasteiger partial charge >= 0.3 is 0 Å². The van der Waals surface area contributed by atoms with E-state index in [2.05, 4.69) is 4.99 Å². The largest absolute Gasteiger partial charge is 0.493 e. The first-order valence-corrected chi connectivity index (χ1v) is 7.07. The molecule has 2 aliphatic heterocycles. The van der Waals surface area contributed by atoms with Crippen molar-refractivity contribution in [1.82, 2.24) is 4.90 Å². The van der Waals surface area contributed by atoms with Crippen LogP contribution in [0.25, 0.3) is 6.08 Å². The summed E-state index contributed by atoms with van der Waals surface area (Å²) < 4.78 is 16.0. The Labute approximate surface area is 126 Å². The van der Waals surface area contributed by atoms with Crippen LogP contribution in [0.2, 0.25) is 0 Å². The number of rotatable bonds is 2. The van der Waals surface area contributed by atoms with E-state index in [4.69, 9.17) is 14.2 Å². The Balaban J connectivity index is 1.99. The molecule has 0 atom stereocenters. The van der Waals surface area contributed by atoms with Crippen LogP contribution >= 0.6 is 11.8 Å². The van der Waals surface area contributed by atoms with Crippen LogP contribution in [0.4, 0.5) is 0 Å². The number of thioether (sulfide) groups is 1. The summed E-state index contributed by atoms with van der Waals surface area (Å²) in [6.07, 6.45) is 1.80. The number of nitrogens with zero attached hydrogens (tertiary/aromatic N) is 2. The summed E-state index contributed by atoms with van der Waals surface area (Å²) in [5.74, 6) is 1.73. The van der Waals surface area contributed by atoms with Crippen LogP contribution in [-0.4, -0.2) is 44.0 Å². The minimum Gasteiger partial charge on any atom is -0.493 e. The fourth-order valence-electron chi connectivity index (χ4n) is 2.13. The third-order valence-corrected chi connectivity index (χ3v) is 4.32. The lowest BCUT2D eigenvalue weighted by atomic mass is 10.1. The van der Waals surface area contributed by atoms with Crippen molar-refractivity contribution in [1.29, 1.82) is 0 Å². The van der Waals surface area contributed by atoms with Crippen LogP contribution in [0.15, 0.2) is 22.0 Å². The average molecular weight is 306 g/mol. The minimum atomic E-state index is -0.0720. The van der Waals surface area contributed by atoms with Crippen LogP contribution in [0.5, 0.6) is 17.2 Å². The quantitative estimate of drug-likeness (QED) is 0.782. The number of hydrogen-bond acceptors (Lipinski definition) is 6. The van der Waals surface area contributed by atoms with Crippen molar-refractivity contribution < 1.29 is 19.0 Å². The summed E-state index contributed by atoms with van der Waals surface area (Å²) in [6.45, 7) is 0.175. The van der Waals surface area contributed by atoms with E-state index in [1.807, 2.05) is 12.1 Å². The predicted octanol–water partition coefficient (Wildman–Crippen LogP) is 1.96. The maximum Gasteiger partial charge on any atom is 0.266 e. The second kappa shape index (κ2) is 5.33. The second-order valence-electron chi connectivity index (χ2n) is 4.44. The molecule has 1 amide bonds. The molecule has 1 saturated heterocycles. The Morgan fingerprint density at radius 1 is 1.43 bits per heavy atom. The number of benzene rings is 1. The molecule has 0 saturated carbocycles. The fraction of sp³-hybridized carbons (Fsp3) is 0.286. The molecule has 1 aromatic rings. The van der Waals surface area contributed by atoms with Gasteiger partial charge in [-0.25, -0.2) is 0 Å². The van der Waals surface area contributed by atoms with Crippen molar-refractivity contribution >= 4 is 28.9 Å². The normalized spacial score (nSPS) is 20.7. The van der Waals surface area contributed by atoms with Gasteiger partial charge in [-0.15, -0.1) is 0 Å². The smallest absolute Gasteiger partial charge is 0.266 e. The number of ether oxygens (including phenoxy) is 3. The lowest BCUT2D eigenvalue weighted by molar-refractivity contribution is -0.121. The maximum absolute atomic E-state index is 12.1. The first-order chi connectivity index (χ1) is 10.1. The highest BCUT2D eigenvalue weighted by Crippen LogP contribution is 2.43. The van der Waals surface area contributed by atoms with Crippen molar-refractivity contribution in [2.45, 2.75) is 0 Å². The number of fused-ring (bicyclic) bond motifs is 1.